The number of H-pyrrole nitrogens is 4. The minimum atomic E-state index is -1.26. The second kappa shape index (κ2) is 15.1. The number of imidazole rings is 1. The molecule has 0 saturated heterocycles. The molecule has 0 saturated carbocycles. The Morgan fingerprint density at radius 1 is 0.625 bits per heavy atom. The lowest BCUT2D eigenvalue weighted by Gasteiger charge is -2.07. The van der Waals surface area contributed by atoms with Gasteiger partial charge in [-0.1, -0.05) is 68.6 Å². The SMILES string of the molecule is O=C(O)c1[nH]nnc1Oc1cc(C#Cc2cccc(-c3cccc(C#Cc4ccc(Oc5nn[nH]c5C(=O)O)cc4-c4cc[nH]n4)c3)c2)cc(-c2c[nH]cn2)c1. The summed E-state index contributed by atoms with van der Waals surface area (Å²) in [5, 5.41) is 45.1. The summed E-state index contributed by atoms with van der Waals surface area (Å²) in [6.45, 7) is 0. The molecule has 0 aliphatic rings. The zero-order chi connectivity index (χ0) is 38.4. The lowest BCUT2D eigenvalue weighted by atomic mass is 10.0. The third kappa shape index (κ3) is 7.56. The molecular formula is C40H24N10O6. The number of aromatic carboxylic acids is 2. The van der Waals surface area contributed by atoms with Gasteiger partial charge < -0.3 is 24.7 Å². The predicted octanol–water partition coefficient (Wildman–Crippen LogP) is 6.15. The highest BCUT2D eigenvalue weighted by Gasteiger charge is 2.19. The van der Waals surface area contributed by atoms with Gasteiger partial charge in [0.1, 0.15) is 11.5 Å². The number of carboxylic acid groups (broad SMARTS) is 2. The molecule has 0 aliphatic heterocycles. The van der Waals surface area contributed by atoms with Crippen molar-refractivity contribution < 1.29 is 29.3 Å². The van der Waals surface area contributed by atoms with E-state index < -0.39 is 11.9 Å². The number of benzene rings is 4. The van der Waals surface area contributed by atoms with Crippen molar-refractivity contribution in [2.75, 3.05) is 0 Å². The minimum Gasteiger partial charge on any atom is -0.476 e. The summed E-state index contributed by atoms with van der Waals surface area (Å²) in [4.78, 5) is 30.3. The van der Waals surface area contributed by atoms with Gasteiger partial charge in [0.05, 0.1) is 17.7 Å². The number of ether oxygens (including phenoxy) is 2. The lowest BCUT2D eigenvalue weighted by Crippen LogP contribution is -2.00. The van der Waals surface area contributed by atoms with E-state index >= 15 is 0 Å². The molecule has 0 fully saturated rings. The van der Waals surface area contributed by atoms with Crippen molar-refractivity contribution in [1.82, 2.24) is 51.0 Å². The Morgan fingerprint density at radius 3 is 1.89 bits per heavy atom. The Kier molecular flexibility index (Phi) is 9.24. The van der Waals surface area contributed by atoms with E-state index in [9.17, 15) is 19.8 Å². The van der Waals surface area contributed by atoms with Crippen LogP contribution in [0.4, 0.5) is 0 Å². The maximum Gasteiger partial charge on any atom is 0.359 e. The summed E-state index contributed by atoms with van der Waals surface area (Å²) in [5.74, 6) is 10.7. The van der Waals surface area contributed by atoms with Crippen molar-refractivity contribution in [1.29, 1.82) is 0 Å². The molecule has 270 valence electrons. The zero-order valence-corrected chi connectivity index (χ0v) is 28.6. The number of hydrogen-bond donors (Lipinski definition) is 6. The molecule has 6 N–H and O–H groups in total. The molecule has 0 amide bonds. The van der Waals surface area contributed by atoms with Crippen LogP contribution >= 0.6 is 0 Å². The summed E-state index contributed by atoms with van der Waals surface area (Å²) in [6, 6.07) is 27.7. The van der Waals surface area contributed by atoms with E-state index in [2.05, 4.69) is 74.7 Å². The molecular weight excluding hydrogens is 717 g/mol. The molecule has 0 atom stereocenters. The van der Waals surface area contributed by atoms with Gasteiger partial charge in [0.2, 0.25) is 11.4 Å². The Bertz CT molecular complexity index is 2860. The van der Waals surface area contributed by atoms with Crippen LogP contribution in [0, 0.1) is 23.7 Å². The minimum absolute atomic E-state index is 0.170. The monoisotopic (exact) mass is 740 g/mol. The van der Waals surface area contributed by atoms with Crippen LogP contribution in [-0.2, 0) is 0 Å². The van der Waals surface area contributed by atoms with Crippen molar-refractivity contribution in [3.05, 3.63) is 143 Å². The average Bonchev–Trinajstić information content (AvgIpc) is 4.06. The molecule has 16 heteroatoms. The maximum atomic E-state index is 11.6. The number of hydrogen-bond acceptors (Lipinski definition) is 10. The number of carbonyl (C=O) groups is 2. The van der Waals surface area contributed by atoms with E-state index in [1.54, 1.807) is 55.1 Å². The highest BCUT2D eigenvalue weighted by Crippen LogP contribution is 2.31. The summed E-state index contributed by atoms with van der Waals surface area (Å²) in [5.41, 5.74) is 6.70. The number of carboxylic acids is 2. The molecule has 4 aromatic carbocycles. The van der Waals surface area contributed by atoms with E-state index in [-0.39, 0.29) is 23.1 Å². The van der Waals surface area contributed by atoms with Crippen molar-refractivity contribution in [2.45, 2.75) is 0 Å². The molecule has 16 nitrogen and oxygen atoms in total. The van der Waals surface area contributed by atoms with Gasteiger partial charge in [-0.15, -0.1) is 0 Å². The molecule has 0 unspecified atom stereocenters. The smallest absolute Gasteiger partial charge is 0.359 e. The summed E-state index contributed by atoms with van der Waals surface area (Å²) < 4.78 is 11.5. The first-order chi connectivity index (χ1) is 27.4. The second-order valence-corrected chi connectivity index (χ2v) is 11.8. The van der Waals surface area contributed by atoms with Crippen molar-refractivity contribution >= 4 is 11.9 Å². The number of nitrogens with zero attached hydrogens (tertiary/aromatic N) is 6. The van der Waals surface area contributed by atoms with Gasteiger partial charge in [-0.05, 0) is 77.9 Å². The average molecular weight is 741 g/mol. The highest BCUT2D eigenvalue weighted by molar-refractivity contribution is 5.88. The van der Waals surface area contributed by atoms with Crippen LogP contribution in [0.25, 0.3) is 33.6 Å². The van der Waals surface area contributed by atoms with E-state index in [0.29, 0.717) is 45.1 Å². The third-order valence-corrected chi connectivity index (χ3v) is 8.11. The molecule has 0 radical (unpaired) electrons. The first-order valence-corrected chi connectivity index (χ1v) is 16.5. The van der Waals surface area contributed by atoms with Gasteiger partial charge in [-0.3, -0.25) is 5.10 Å². The van der Waals surface area contributed by atoms with E-state index in [1.807, 2.05) is 54.6 Å². The summed E-state index contributed by atoms with van der Waals surface area (Å²) in [6.07, 6.45) is 4.96. The molecule has 0 aliphatic carbocycles. The van der Waals surface area contributed by atoms with Crippen LogP contribution in [0.15, 0.2) is 110 Å². The van der Waals surface area contributed by atoms with E-state index in [0.717, 1.165) is 22.3 Å². The normalized spacial score (nSPS) is 10.5. The van der Waals surface area contributed by atoms with E-state index in [4.69, 9.17) is 9.47 Å². The first kappa shape index (κ1) is 34.3. The number of aromatic amines is 4. The number of nitrogens with one attached hydrogen (secondary N) is 4. The Hall–Kier alpha value is -8.76. The first-order valence-electron chi connectivity index (χ1n) is 16.5. The second-order valence-electron chi connectivity index (χ2n) is 11.8. The van der Waals surface area contributed by atoms with Crippen molar-refractivity contribution in [2.24, 2.45) is 0 Å². The van der Waals surface area contributed by atoms with Crippen LogP contribution in [0.1, 0.15) is 43.2 Å². The molecule has 0 bridgehead atoms. The number of rotatable bonds is 9. The standard InChI is InChI=1S/C40H24N10O6/c51-39(52)35-37(47-49-45-35)55-30-12-11-26(32(20-30)33-13-14-43-44-33)10-9-24-4-2-6-28(16-24)27-5-1-3-23(15-27)7-8-25-17-29(34-21-41-22-42-34)19-31(18-25)56-38-36(40(53)54)46-50-48-38/h1-6,11-22H,(H,41,42)(H,43,44)(H,51,52)(H,53,54)(H,45,47,49)(H,46,48,50). The molecule has 4 heterocycles. The lowest BCUT2D eigenvalue weighted by molar-refractivity contribution is 0.0676. The van der Waals surface area contributed by atoms with Crippen LogP contribution in [0.2, 0.25) is 0 Å². The van der Waals surface area contributed by atoms with Gasteiger partial charge in [0.25, 0.3) is 11.8 Å². The quantitative estimate of drug-likeness (QED) is 0.0915. The van der Waals surface area contributed by atoms with Crippen molar-refractivity contribution in [3.63, 3.8) is 0 Å². The summed E-state index contributed by atoms with van der Waals surface area (Å²) in [7, 11) is 0. The Labute approximate surface area is 315 Å². The topological polar surface area (TPSA) is 234 Å². The van der Waals surface area contributed by atoms with Gasteiger partial charge in [0, 0.05) is 45.8 Å². The Balaban J connectivity index is 1.06. The van der Waals surface area contributed by atoms with Gasteiger partial charge in [-0.2, -0.15) is 5.10 Å². The predicted molar refractivity (Wildman–Crippen MR) is 199 cm³/mol. The van der Waals surface area contributed by atoms with Crippen LogP contribution in [-0.4, -0.2) is 73.1 Å². The van der Waals surface area contributed by atoms with Gasteiger partial charge >= 0.3 is 11.9 Å². The van der Waals surface area contributed by atoms with Crippen molar-refractivity contribution in [3.8, 4) is 80.6 Å². The highest BCUT2D eigenvalue weighted by atomic mass is 16.5. The molecule has 4 aromatic heterocycles. The molecule has 56 heavy (non-hydrogen) atoms. The zero-order valence-electron chi connectivity index (χ0n) is 28.6. The molecule has 8 aromatic rings. The fraction of sp³-hybridized carbons (Fsp3) is 0. The number of aromatic nitrogens is 10. The van der Waals surface area contributed by atoms with Gasteiger partial charge in [0.15, 0.2) is 0 Å². The molecule has 8 rings (SSSR count). The van der Waals surface area contributed by atoms with Crippen LogP contribution in [0.3, 0.4) is 0 Å². The van der Waals surface area contributed by atoms with Gasteiger partial charge in [-0.25, -0.2) is 24.8 Å². The third-order valence-electron chi connectivity index (χ3n) is 8.11. The molecule has 0 spiro atoms. The fourth-order valence-electron chi connectivity index (χ4n) is 5.53. The van der Waals surface area contributed by atoms with Crippen LogP contribution in [0.5, 0.6) is 23.3 Å². The Morgan fingerprint density at radius 2 is 1.27 bits per heavy atom. The fourth-order valence-corrected chi connectivity index (χ4v) is 5.53. The van der Waals surface area contributed by atoms with Crippen LogP contribution < -0.4 is 9.47 Å². The maximum absolute atomic E-state index is 11.6. The largest absolute Gasteiger partial charge is 0.476 e. The summed E-state index contributed by atoms with van der Waals surface area (Å²) >= 11 is 0. The van der Waals surface area contributed by atoms with E-state index in [1.165, 1.54) is 0 Å².